The quantitative estimate of drug-likeness (QED) is 0.698. The molecule has 0 saturated heterocycles. The molecule has 0 amide bonds. The van der Waals surface area contributed by atoms with E-state index in [9.17, 15) is 4.79 Å². The molecule has 0 aliphatic rings. The maximum Gasteiger partial charge on any atom is 0.183 e. The van der Waals surface area contributed by atoms with Crippen LogP contribution in [-0.4, -0.2) is 9.38 Å². The van der Waals surface area contributed by atoms with Gasteiger partial charge in [-0.1, -0.05) is 11.6 Å². The Hall–Kier alpha value is -0.930. The molecule has 0 atom stereocenters. The molecule has 12 heavy (non-hydrogen) atoms. The summed E-state index contributed by atoms with van der Waals surface area (Å²) in [5.41, 5.74) is 0.686. The van der Waals surface area contributed by atoms with Crippen molar-refractivity contribution < 1.29 is 0 Å². The topological polar surface area (TPSA) is 37.3 Å². The second-order valence-electron chi connectivity index (χ2n) is 2.23. The highest BCUT2D eigenvalue weighted by atomic mass is 35.5. The Morgan fingerprint density at radius 1 is 1.50 bits per heavy atom. The third kappa shape index (κ3) is 1.33. The van der Waals surface area contributed by atoms with Crippen molar-refractivity contribution in [3.05, 3.63) is 39.9 Å². The van der Waals surface area contributed by atoms with Crippen LogP contribution in [0.3, 0.4) is 0 Å². The van der Waals surface area contributed by atoms with E-state index >= 15 is 0 Å². The number of aromatic amines is 1. The summed E-state index contributed by atoms with van der Waals surface area (Å²) in [6.45, 7) is 0. The van der Waals surface area contributed by atoms with E-state index in [1.54, 1.807) is 16.8 Å². The van der Waals surface area contributed by atoms with Gasteiger partial charge >= 0.3 is 0 Å². The number of rotatable bonds is 0. The molecule has 0 aliphatic carbocycles. The molecule has 64 valence electrons. The predicted octanol–water partition coefficient (Wildman–Crippen LogP) is 1.70. The Kier molecular flexibility index (Phi) is 2.45. The number of imidazole rings is 1. The summed E-state index contributed by atoms with van der Waals surface area (Å²) in [7, 11) is 0. The van der Waals surface area contributed by atoms with Crippen molar-refractivity contribution in [2.75, 3.05) is 0 Å². The van der Waals surface area contributed by atoms with Gasteiger partial charge in [-0.15, -0.1) is 12.4 Å². The van der Waals surface area contributed by atoms with Crippen molar-refractivity contribution in [1.82, 2.24) is 9.38 Å². The SMILES string of the molecule is Cl.O=c1ccn2c(Cl)c[nH]c2c1. The van der Waals surface area contributed by atoms with Gasteiger partial charge in [0.2, 0.25) is 0 Å². The minimum absolute atomic E-state index is 0. The van der Waals surface area contributed by atoms with E-state index < -0.39 is 0 Å². The normalized spacial score (nSPS) is 9.75. The lowest BCUT2D eigenvalue weighted by Gasteiger charge is -1.90. The maximum absolute atomic E-state index is 10.8. The number of fused-ring (bicyclic) bond motifs is 1. The molecular weight excluding hydrogens is 199 g/mol. The monoisotopic (exact) mass is 204 g/mol. The molecule has 0 bridgehead atoms. The Bertz CT molecular complexity index is 446. The van der Waals surface area contributed by atoms with E-state index in [0.29, 0.717) is 10.8 Å². The fourth-order valence-electron chi connectivity index (χ4n) is 0.981. The van der Waals surface area contributed by atoms with Crippen LogP contribution in [0.25, 0.3) is 5.65 Å². The molecule has 0 spiro atoms. The number of aromatic nitrogens is 2. The molecule has 2 heterocycles. The van der Waals surface area contributed by atoms with Crippen LogP contribution in [0.4, 0.5) is 0 Å². The Balaban J connectivity index is 0.000000720. The molecule has 1 N–H and O–H groups in total. The fraction of sp³-hybridized carbons (Fsp3) is 0. The van der Waals surface area contributed by atoms with E-state index in [1.165, 1.54) is 12.1 Å². The number of halogens is 2. The average molecular weight is 205 g/mol. The van der Waals surface area contributed by atoms with Crippen molar-refractivity contribution >= 4 is 29.7 Å². The number of nitrogens with one attached hydrogen (secondary N) is 1. The van der Waals surface area contributed by atoms with Crippen LogP contribution in [0.15, 0.2) is 29.3 Å². The third-order valence-corrected chi connectivity index (χ3v) is 1.79. The Labute approximate surface area is 79.4 Å². The van der Waals surface area contributed by atoms with Crippen molar-refractivity contribution in [2.45, 2.75) is 0 Å². The van der Waals surface area contributed by atoms with E-state index in [1.807, 2.05) is 0 Å². The Morgan fingerprint density at radius 2 is 2.25 bits per heavy atom. The van der Waals surface area contributed by atoms with Gasteiger partial charge in [-0.05, 0) is 0 Å². The van der Waals surface area contributed by atoms with Gasteiger partial charge in [0.25, 0.3) is 0 Å². The van der Waals surface area contributed by atoms with Gasteiger partial charge in [0.05, 0.1) is 0 Å². The van der Waals surface area contributed by atoms with Gasteiger partial charge in [-0.3, -0.25) is 9.20 Å². The Morgan fingerprint density at radius 3 is 3.00 bits per heavy atom. The number of nitrogens with zero attached hydrogens (tertiary/aromatic N) is 1. The van der Waals surface area contributed by atoms with E-state index in [4.69, 9.17) is 11.6 Å². The third-order valence-electron chi connectivity index (χ3n) is 1.50. The van der Waals surface area contributed by atoms with Crippen molar-refractivity contribution in [1.29, 1.82) is 0 Å². The summed E-state index contributed by atoms with van der Waals surface area (Å²) in [6.07, 6.45) is 3.27. The summed E-state index contributed by atoms with van der Waals surface area (Å²) in [5.74, 6) is 0. The minimum atomic E-state index is -0.0245. The van der Waals surface area contributed by atoms with Crippen molar-refractivity contribution in [2.24, 2.45) is 0 Å². The molecule has 5 heteroatoms. The predicted molar refractivity (Wildman–Crippen MR) is 50.3 cm³/mol. The molecule has 0 unspecified atom stereocenters. The van der Waals surface area contributed by atoms with E-state index in [-0.39, 0.29) is 17.8 Å². The largest absolute Gasteiger partial charge is 0.345 e. The summed E-state index contributed by atoms with van der Waals surface area (Å²) in [6, 6.07) is 2.96. The number of hydrogen-bond donors (Lipinski definition) is 1. The molecule has 0 aliphatic heterocycles. The highest BCUT2D eigenvalue weighted by molar-refractivity contribution is 6.29. The van der Waals surface area contributed by atoms with Gasteiger partial charge in [0.15, 0.2) is 5.43 Å². The summed E-state index contributed by atoms with van der Waals surface area (Å²) in [5, 5.41) is 0.569. The lowest BCUT2D eigenvalue weighted by Crippen LogP contribution is -1.98. The van der Waals surface area contributed by atoms with Gasteiger partial charge in [-0.2, -0.15) is 0 Å². The molecule has 0 radical (unpaired) electrons. The average Bonchev–Trinajstić information content (AvgIpc) is 2.32. The summed E-state index contributed by atoms with van der Waals surface area (Å²) in [4.78, 5) is 13.7. The van der Waals surface area contributed by atoms with Crippen LogP contribution < -0.4 is 5.43 Å². The first-order chi connectivity index (χ1) is 5.27. The molecule has 2 aromatic rings. The standard InChI is InChI=1S/C7H5ClN2O.ClH/c8-6-4-9-7-3-5(11)1-2-10(6)7;/h1-4,9H;1H. The fourth-order valence-corrected chi connectivity index (χ4v) is 1.18. The van der Waals surface area contributed by atoms with Crippen LogP contribution in [-0.2, 0) is 0 Å². The second kappa shape index (κ2) is 3.21. The summed E-state index contributed by atoms with van der Waals surface area (Å²) < 4.78 is 1.70. The highest BCUT2D eigenvalue weighted by Crippen LogP contribution is 2.08. The molecule has 2 aromatic heterocycles. The molecule has 0 saturated carbocycles. The zero-order valence-corrected chi connectivity index (χ0v) is 7.52. The maximum atomic E-state index is 10.8. The first kappa shape index (κ1) is 9.16. The highest BCUT2D eigenvalue weighted by Gasteiger charge is 1.96. The van der Waals surface area contributed by atoms with E-state index in [0.717, 1.165) is 0 Å². The molecule has 0 fully saturated rings. The van der Waals surface area contributed by atoms with Crippen LogP contribution in [0.2, 0.25) is 5.15 Å². The first-order valence-corrected chi connectivity index (χ1v) is 3.50. The van der Waals surface area contributed by atoms with Gasteiger partial charge < -0.3 is 4.98 Å². The molecule has 2 rings (SSSR count). The summed E-state index contributed by atoms with van der Waals surface area (Å²) >= 11 is 5.75. The zero-order valence-electron chi connectivity index (χ0n) is 5.95. The number of hydrogen-bond acceptors (Lipinski definition) is 1. The van der Waals surface area contributed by atoms with Crippen LogP contribution >= 0.6 is 24.0 Å². The lowest BCUT2D eigenvalue weighted by molar-refractivity contribution is 1.18. The number of pyridine rings is 1. The van der Waals surface area contributed by atoms with Crippen LogP contribution in [0, 0.1) is 0 Å². The van der Waals surface area contributed by atoms with Crippen LogP contribution in [0.5, 0.6) is 0 Å². The van der Waals surface area contributed by atoms with Crippen molar-refractivity contribution in [3.63, 3.8) is 0 Å². The minimum Gasteiger partial charge on any atom is -0.345 e. The molecular formula is C7H6Cl2N2O. The first-order valence-electron chi connectivity index (χ1n) is 3.13. The van der Waals surface area contributed by atoms with Gasteiger partial charge in [0.1, 0.15) is 10.8 Å². The number of H-pyrrole nitrogens is 1. The van der Waals surface area contributed by atoms with Gasteiger partial charge in [0, 0.05) is 24.5 Å². The van der Waals surface area contributed by atoms with E-state index in [2.05, 4.69) is 4.98 Å². The van der Waals surface area contributed by atoms with Gasteiger partial charge in [-0.25, -0.2) is 0 Å². The lowest BCUT2D eigenvalue weighted by atomic mass is 10.5. The van der Waals surface area contributed by atoms with Crippen molar-refractivity contribution in [3.8, 4) is 0 Å². The molecule has 0 aromatic carbocycles. The smallest absolute Gasteiger partial charge is 0.183 e. The zero-order chi connectivity index (χ0) is 7.84. The van der Waals surface area contributed by atoms with Crippen LogP contribution in [0.1, 0.15) is 0 Å². The second-order valence-corrected chi connectivity index (χ2v) is 2.62. The molecule has 3 nitrogen and oxygen atoms in total.